The average molecular weight is 511 g/mol. The molecule has 1 aromatic carbocycles. The van der Waals surface area contributed by atoms with E-state index in [4.69, 9.17) is 5.73 Å². The summed E-state index contributed by atoms with van der Waals surface area (Å²) in [5, 5.41) is 0. The van der Waals surface area contributed by atoms with E-state index < -0.39 is 44.1 Å². The molecule has 0 amide bonds. The van der Waals surface area contributed by atoms with Crippen molar-refractivity contribution >= 4 is 21.5 Å². The van der Waals surface area contributed by atoms with Gasteiger partial charge in [0.15, 0.2) is 15.6 Å². The zero-order valence-corrected chi connectivity index (χ0v) is 20.0. The normalized spacial score (nSPS) is 26.2. The molecule has 1 unspecified atom stereocenters. The fourth-order valence-corrected chi connectivity index (χ4v) is 7.14. The van der Waals surface area contributed by atoms with E-state index in [0.29, 0.717) is 18.5 Å². The Morgan fingerprint density at radius 2 is 2.03 bits per heavy atom. The minimum absolute atomic E-state index is 0.0125. The van der Waals surface area contributed by atoms with E-state index in [0.717, 1.165) is 12.3 Å². The van der Waals surface area contributed by atoms with Gasteiger partial charge in [-0.05, 0) is 56.8 Å². The van der Waals surface area contributed by atoms with Gasteiger partial charge >= 0.3 is 6.61 Å². The number of likely N-dealkylation sites (tertiary alicyclic amines) is 1. The number of ketones is 1. The first kappa shape index (κ1) is 25.1. The number of alkyl halides is 2. The van der Waals surface area contributed by atoms with Crippen LogP contribution in [-0.4, -0.2) is 67.2 Å². The van der Waals surface area contributed by atoms with Crippen molar-refractivity contribution in [3.63, 3.8) is 0 Å². The standard InChI is InChI=1S/C23H25F3N4O4S/c1-22(13-35(32,33)23(20(27)29-22)7-8-30(2)12-23)16-9-14(3-5-17(16)24)10-19(31)18-6-4-15(11-28-18)34-21(25)26/h3-6,9,11,21H,7-8,10,12-13H2,1-2H3,(H2,27,29)/t22-,23?/m0/s1. The van der Waals surface area contributed by atoms with Crippen LogP contribution in [0.5, 0.6) is 5.75 Å². The highest BCUT2D eigenvalue weighted by molar-refractivity contribution is 7.93. The molecule has 1 fully saturated rings. The molecule has 0 radical (unpaired) electrons. The van der Waals surface area contributed by atoms with Gasteiger partial charge in [-0.2, -0.15) is 8.78 Å². The first-order valence-corrected chi connectivity index (χ1v) is 12.5. The highest BCUT2D eigenvalue weighted by Gasteiger charge is 2.57. The second kappa shape index (κ2) is 8.90. The first-order chi connectivity index (χ1) is 16.3. The monoisotopic (exact) mass is 510 g/mol. The maximum absolute atomic E-state index is 14.9. The van der Waals surface area contributed by atoms with Crippen LogP contribution in [-0.2, 0) is 21.8 Å². The third kappa shape index (κ3) is 4.64. The summed E-state index contributed by atoms with van der Waals surface area (Å²) >= 11 is 0. The summed E-state index contributed by atoms with van der Waals surface area (Å²) in [5.74, 6) is -1.75. The van der Waals surface area contributed by atoms with Crippen LogP contribution >= 0.6 is 0 Å². The smallest absolute Gasteiger partial charge is 0.387 e. The lowest BCUT2D eigenvalue weighted by Gasteiger charge is -2.39. The Morgan fingerprint density at radius 3 is 2.60 bits per heavy atom. The quantitative estimate of drug-likeness (QED) is 0.593. The van der Waals surface area contributed by atoms with Gasteiger partial charge in [-0.15, -0.1) is 0 Å². The Labute approximate surface area is 200 Å². The number of sulfone groups is 1. The molecule has 0 saturated carbocycles. The van der Waals surface area contributed by atoms with Crippen LogP contribution in [0.15, 0.2) is 41.5 Å². The summed E-state index contributed by atoms with van der Waals surface area (Å²) in [7, 11) is -1.97. The molecule has 4 rings (SSSR count). The fourth-order valence-electron chi connectivity index (χ4n) is 4.72. The second-order valence-electron chi connectivity index (χ2n) is 9.18. The number of nitrogens with zero attached hydrogens (tertiary/aromatic N) is 3. The lowest BCUT2D eigenvalue weighted by molar-refractivity contribution is -0.0500. The molecule has 2 aliphatic rings. The molecule has 1 spiro atoms. The number of carbonyl (C=O) groups excluding carboxylic acids is 1. The fraction of sp³-hybridized carbons (Fsp3) is 0.435. The number of aliphatic imine (C=N–C) groups is 1. The average Bonchev–Trinajstić information content (AvgIpc) is 3.17. The van der Waals surface area contributed by atoms with Gasteiger partial charge in [-0.3, -0.25) is 9.79 Å². The van der Waals surface area contributed by atoms with E-state index in [1.807, 2.05) is 4.90 Å². The number of Topliss-reactive ketones (excluding diaryl/α,β-unsaturated/α-hetero) is 1. The van der Waals surface area contributed by atoms with Crippen molar-refractivity contribution in [2.24, 2.45) is 10.7 Å². The third-order valence-electron chi connectivity index (χ3n) is 6.55. The lowest BCUT2D eigenvalue weighted by Crippen LogP contribution is -2.59. The van der Waals surface area contributed by atoms with Crippen LogP contribution in [0.25, 0.3) is 0 Å². The number of amidine groups is 1. The van der Waals surface area contributed by atoms with Gasteiger partial charge in [0, 0.05) is 18.5 Å². The summed E-state index contributed by atoms with van der Waals surface area (Å²) in [6.07, 6.45) is 1.16. The predicted octanol–water partition coefficient (Wildman–Crippen LogP) is 2.32. The second-order valence-corrected chi connectivity index (χ2v) is 11.5. The summed E-state index contributed by atoms with van der Waals surface area (Å²) in [6, 6.07) is 6.42. The Hall–Kier alpha value is -2.99. The SMILES string of the molecule is CN1CCC2(C1)C(N)=N[C@](C)(c1cc(CC(=O)c3ccc(OC(F)F)cn3)ccc1F)CS2(=O)=O. The zero-order chi connectivity index (χ0) is 25.6. The van der Waals surface area contributed by atoms with Gasteiger partial charge in [0.2, 0.25) is 0 Å². The number of pyridine rings is 1. The molecular formula is C23H25F3N4O4S. The number of benzene rings is 1. The number of aromatic nitrogens is 1. The highest BCUT2D eigenvalue weighted by Crippen LogP contribution is 2.41. The van der Waals surface area contributed by atoms with Crippen LogP contribution < -0.4 is 10.5 Å². The molecule has 8 nitrogen and oxygen atoms in total. The molecule has 12 heteroatoms. The largest absolute Gasteiger partial charge is 0.433 e. The molecule has 2 N–H and O–H groups in total. The van der Waals surface area contributed by atoms with Crippen molar-refractivity contribution < 1.29 is 31.1 Å². The zero-order valence-electron chi connectivity index (χ0n) is 19.2. The molecule has 188 valence electrons. The minimum atomic E-state index is -3.78. The van der Waals surface area contributed by atoms with Gasteiger partial charge in [0.05, 0.1) is 11.9 Å². The van der Waals surface area contributed by atoms with E-state index in [9.17, 15) is 26.4 Å². The van der Waals surface area contributed by atoms with Gasteiger partial charge in [0.1, 0.15) is 33.4 Å². The summed E-state index contributed by atoms with van der Waals surface area (Å²) in [5.41, 5.74) is 5.19. The van der Waals surface area contributed by atoms with Crippen LogP contribution in [0.2, 0.25) is 0 Å². The lowest BCUT2D eigenvalue weighted by atomic mass is 9.90. The van der Waals surface area contributed by atoms with Gasteiger partial charge in [0.25, 0.3) is 0 Å². The highest BCUT2D eigenvalue weighted by atomic mass is 32.2. The Kier molecular flexibility index (Phi) is 6.39. The molecule has 2 aliphatic heterocycles. The summed E-state index contributed by atoms with van der Waals surface area (Å²) < 4.78 is 69.2. The number of carbonyl (C=O) groups is 1. The predicted molar refractivity (Wildman–Crippen MR) is 123 cm³/mol. The molecular weight excluding hydrogens is 485 g/mol. The summed E-state index contributed by atoms with van der Waals surface area (Å²) in [6.45, 7) is -0.717. The molecule has 1 aromatic heterocycles. The molecule has 1 saturated heterocycles. The molecule has 35 heavy (non-hydrogen) atoms. The molecule has 2 atom stereocenters. The van der Waals surface area contributed by atoms with Crippen molar-refractivity contribution in [1.29, 1.82) is 0 Å². The van der Waals surface area contributed by atoms with Crippen molar-refractivity contribution in [2.75, 3.05) is 25.9 Å². The van der Waals surface area contributed by atoms with Crippen LogP contribution in [0.1, 0.15) is 35.0 Å². The molecule has 0 bridgehead atoms. The number of ether oxygens (including phenoxy) is 1. The number of hydrogen-bond acceptors (Lipinski definition) is 8. The summed E-state index contributed by atoms with van der Waals surface area (Å²) in [4.78, 5) is 22.9. The van der Waals surface area contributed by atoms with Crippen molar-refractivity contribution in [2.45, 2.75) is 36.7 Å². The van der Waals surface area contributed by atoms with Gasteiger partial charge in [-0.1, -0.05) is 6.07 Å². The Bertz CT molecular complexity index is 1290. The van der Waals surface area contributed by atoms with Crippen molar-refractivity contribution in [3.8, 4) is 5.75 Å². The molecule has 2 aromatic rings. The van der Waals surface area contributed by atoms with Crippen LogP contribution in [0.4, 0.5) is 13.2 Å². The molecule has 0 aliphatic carbocycles. The number of halogens is 3. The number of rotatable bonds is 6. The maximum Gasteiger partial charge on any atom is 0.387 e. The maximum atomic E-state index is 14.9. The van der Waals surface area contributed by atoms with E-state index >= 15 is 0 Å². The Morgan fingerprint density at radius 1 is 1.29 bits per heavy atom. The van der Waals surface area contributed by atoms with Gasteiger partial charge in [-0.25, -0.2) is 17.8 Å². The Balaban J connectivity index is 1.62. The number of nitrogens with two attached hydrogens (primary N) is 1. The van der Waals surface area contributed by atoms with Crippen LogP contribution in [0, 0.1) is 5.82 Å². The van der Waals surface area contributed by atoms with Crippen molar-refractivity contribution in [3.05, 3.63) is 59.2 Å². The van der Waals surface area contributed by atoms with E-state index in [1.165, 1.54) is 31.2 Å². The van der Waals surface area contributed by atoms with Crippen LogP contribution in [0.3, 0.4) is 0 Å². The number of hydrogen-bond donors (Lipinski definition) is 1. The van der Waals surface area contributed by atoms with Crippen molar-refractivity contribution in [1.82, 2.24) is 9.88 Å². The third-order valence-corrected chi connectivity index (χ3v) is 9.22. The minimum Gasteiger partial charge on any atom is -0.433 e. The first-order valence-electron chi connectivity index (χ1n) is 10.8. The topological polar surface area (TPSA) is 115 Å². The van der Waals surface area contributed by atoms with E-state index in [2.05, 4.69) is 14.7 Å². The molecule has 3 heterocycles. The van der Waals surface area contributed by atoms with E-state index in [-0.39, 0.29) is 35.8 Å². The van der Waals surface area contributed by atoms with Gasteiger partial charge < -0.3 is 15.4 Å². The van der Waals surface area contributed by atoms with E-state index in [1.54, 1.807) is 7.05 Å².